The number of unbranched alkanes of at least 4 members (excludes halogenated alkanes) is 5. The maximum atomic E-state index is 10.5. The van der Waals surface area contributed by atoms with Crippen LogP contribution in [0.25, 0.3) is 0 Å². The molecule has 2 fully saturated rings. The van der Waals surface area contributed by atoms with Crippen molar-refractivity contribution < 1.29 is 14.6 Å². The van der Waals surface area contributed by atoms with Gasteiger partial charge in [0.05, 0.1) is 12.2 Å². The summed E-state index contributed by atoms with van der Waals surface area (Å²) < 4.78 is 6.17. The van der Waals surface area contributed by atoms with Gasteiger partial charge in [0.1, 0.15) is 0 Å². The number of fused-ring (bicyclic) bond motifs is 2. The molecular formula is C20H34O3S. The van der Waals surface area contributed by atoms with Crippen LogP contribution in [0.5, 0.6) is 0 Å². The van der Waals surface area contributed by atoms with Crippen molar-refractivity contribution in [1.29, 1.82) is 0 Å². The second-order valence-electron chi connectivity index (χ2n) is 7.20. The van der Waals surface area contributed by atoms with E-state index < -0.39 is 5.97 Å². The zero-order valence-corrected chi connectivity index (χ0v) is 15.9. The minimum atomic E-state index is -0.694. The molecule has 2 rings (SSSR count). The van der Waals surface area contributed by atoms with Crippen molar-refractivity contribution in [2.45, 2.75) is 95.0 Å². The molecule has 0 aliphatic carbocycles. The molecule has 4 heteroatoms. The third-order valence-electron chi connectivity index (χ3n) is 5.25. The highest BCUT2D eigenvalue weighted by molar-refractivity contribution is 7.99. The van der Waals surface area contributed by atoms with Crippen LogP contribution in [0.15, 0.2) is 12.2 Å². The number of carbonyl (C=O) groups is 1. The normalized spacial score (nSPS) is 28.9. The SMILES string of the molecule is CCCCCCCSC1C2CCC(O2)C1C/C=C\CCCC(=O)O. The molecule has 24 heavy (non-hydrogen) atoms. The maximum Gasteiger partial charge on any atom is 0.303 e. The van der Waals surface area contributed by atoms with Gasteiger partial charge >= 0.3 is 5.97 Å². The minimum absolute atomic E-state index is 0.276. The van der Waals surface area contributed by atoms with Gasteiger partial charge in [0.15, 0.2) is 0 Å². The van der Waals surface area contributed by atoms with E-state index in [1.165, 1.54) is 50.7 Å². The molecule has 2 heterocycles. The van der Waals surface area contributed by atoms with Gasteiger partial charge in [-0.2, -0.15) is 11.8 Å². The van der Waals surface area contributed by atoms with Crippen LogP contribution in [0, 0.1) is 5.92 Å². The Morgan fingerprint density at radius 3 is 2.71 bits per heavy atom. The Hall–Kier alpha value is -0.480. The third-order valence-corrected chi connectivity index (χ3v) is 6.81. The number of aliphatic carboxylic acids is 1. The quantitative estimate of drug-likeness (QED) is 0.353. The van der Waals surface area contributed by atoms with Crippen molar-refractivity contribution in [1.82, 2.24) is 0 Å². The average Bonchev–Trinajstić information content (AvgIpc) is 3.15. The number of rotatable bonds is 13. The van der Waals surface area contributed by atoms with Crippen molar-refractivity contribution in [2.24, 2.45) is 5.92 Å². The topological polar surface area (TPSA) is 46.5 Å². The summed E-state index contributed by atoms with van der Waals surface area (Å²) in [7, 11) is 0. The van der Waals surface area contributed by atoms with E-state index in [2.05, 4.69) is 30.8 Å². The van der Waals surface area contributed by atoms with Gasteiger partial charge < -0.3 is 9.84 Å². The van der Waals surface area contributed by atoms with E-state index in [9.17, 15) is 4.79 Å². The molecule has 0 radical (unpaired) electrons. The fourth-order valence-electron chi connectivity index (χ4n) is 3.92. The van der Waals surface area contributed by atoms with E-state index in [4.69, 9.17) is 9.84 Å². The predicted octanol–water partition coefficient (Wildman–Crippen LogP) is 5.44. The largest absolute Gasteiger partial charge is 0.481 e. The van der Waals surface area contributed by atoms with Gasteiger partial charge in [-0.15, -0.1) is 0 Å². The number of carboxylic acids is 1. The van der Waals surface area contributed by atoms with Crippen LogP contribution in [-0.2, 0) is 9.53 Å². The second-order valence-corrected chi connectivity index (χ2v) is 8.48. The van der Waals surface area contributed by atoms with E-state index in [0.717, 1.165) is 19.3 Å². The number of allylic oxidation sites excluding steroid dienone is 2. The molecule has 1 N–H and O–H groups in total. The summed E-state index contributed by atoms with van der Waals surface area (Å²) in [4.78, 5) is 10.5. The van der Waals surface area contributed by atoms with E-state index in [1.807, 2.05) is 0 Å². The fourth-order valence-corrected chi connectivity index (χ4v) is 5.51. The molecule has 0 amide bonds. The van der Waals surface area contributed by atoms with Crippen molar-refractivity contribution in [3.05, 3.63) is 12.2 Å². The zero-order valence-electron chi connectivity index (χ0n) is 15.1. The molecule has 4 atom stereocenters. The monoisotopic (exact) mass is 354 g/mol. The molecule has 2 aliphatic heterocycles. The fraction of sp³-hybridized carbons (Fsp3) is 0.850. The number of thioether (sulfide) groups is 1. The molecule has 3 nitrogen and oxygen atoms in total. The predicted molar refractivity (Wildman–Crippen MR) is 102 cm³/mol. The van der Waals surface area contributed by atoms with Crippen molar-refractivity contribution in [2.75, 3.05) is 5.75 Å². The number of carboxylic acid groups (broad SMARTS) is 1. The first kappa shape index (κ1) is 19.8. The molecule has 138 valence electrons. The van der Waals surface area contributed by atoms with Crippen molar-refractivity contribution >= 4 is 17.7 Å². The van der Waals surface area contributed by atoms with E-state index >= 15 is 0 Å². The van der Waals surface area contributed by atoms with E-state index in [1.54, 1.807) is 0 Å². The minimum Gasteiger partial charge on any atom is -0.481 e. The lowest BCUT2D eigenvalue weighted by atomic mass is 9.86. The van der Waals surface area contributed by atoms with Crippen LogP contribution in [0.4, 0.5) is 0 Å². The Morgan fingerprint density at radius 1 is 1.12 bits per heavy atom. The lowest BCUT2D eigenvalue weighted by molar-refractivity contribution is -0.137. The Balaban J connectivity index is 1.65. The Kier molecular flexibility index (Phi) is 9.26. The lowest BCUT2D eigenvalue weighted by Crippen LogP contribution is -2.29. The molecule has 0 spiro atoms. The van der Waals surface area contributed by atoms with Gasteiger partial charge in [-0.3, -0.25) is 4.79 Å². The standard InChI is InChI=1S/C20H34O3S/c1-2-3-4-7-10-15-24-20-16(17-13-14-18(20)23-17)11-8-5-6-9-12-19(21)22/h5,8,16-18,20H,2-4,6-7,9-15H2,1H3,(H,21,22)/b8-5-. The summed E-state index contributed by atoms with van der Waals surface area (Å²) in [5, 5.41) is 9.34. The molecule has 0 aromatic rings. The van der Waals surface area contributed by atoms with Crippen LogP contribution in [-0.4, -0.2) is 34.3 Å². The highest BCUT2D eigenvalue weighted by Gasteiger charge is 2.48. The molecular weight excluding hydrogens is 320 g/mol. The molecule has 0 aromatic heterocycles. The van der Waals surface area contributed by atoms with Crippen LogP contribution in [0.1, 0.15) is 77.6 Å². The van der Waals surface area contributed by atoms with Gasteiger partial charge in [-0.1, -0.05) is 44.8 Å². The van der Waals surface area contributed by atoms with Crippen molar-refractivity contribution in [3.8, 4) is 0 Å². The van der Waals surface area contributed by atoms with Crippen molar-refractivity contribution in [3.63, 3.8) is 0 Å². The first-order valence-electron chi connectivity index (χ1n) is 9.86. The van der Waals surface area contributed by atoms with Gasteiger partial charge in [0.2, 0.25) is 0 Å². The highest BCUT2D eigenvalue weighted by Crippen LogP contribution is 2.46. The summed E-state index contributed by atoms with van der Waals surface area (Å²) in [6.45, 7) is 2.27. The number of ether oxygens (including phenoxy) is 1. The second kappa shape index (κ2) is 11.2. The van der Waals surface area contributed by atoms with E-state index in [-0.39, 0.29) is 6.42 Å². The first-order chi connectivity index (χ1) is 11.7. The molecule has 4 unspecified atom stereocenters. The van der Waals surface area contributed by atoms with Crippen LogP contribution >= 0.6 is 11.8 Å². The van der Waals surface area contributed by atoms with Gasteiger partial charge in [-0.05, 0) is 44.3 Å². The average molecular weight is 355 g/mol. The highest BCUT2D eigenvalue weighted by atomic mass is 32.2. The van der Waals surface area contributed by atoms with Crippen LogP contribution in [0.2, 0.25) is 0 Å². The molecule has 2 saturated heterocycles. The maximum absolute atomic E-state index is 10.5. The Bertz CT molecular complexity index is 396. The molecule has 2 bridgehead atoms. The van der Waals surface area contributed by atoms with Gasteiger partial charge in [-0.25, -0.2) is 0 Å². The lowest BCUT2D eigenvalue weighted by Gasteiger charge is -2.26. The Labute approximate surface area is 151 Å². The molecule has 0 aromatic carbocycles. The van der Waals surface area contributed by atoms with Gasteiger partial charge in [0.25, 0.3) is 0 Å². The summed E-state index contributed by atoms with van der Waals surface area (Å²) in [5.41, 5.74) is 0. The first-order valence-corrected chi connectivity index (χ1v) is 10.9. The van der Waals surface area contributed by atoms with Crippen LogP contribution in [0.3, 0.4) is 0 Å². The molecule has 2 aliphatic rings. The Morgan fingerprint density at radius 2 is 1.92 bits per heavy atom. The number of hydrogen-bond acceptors (Lipinski definition) is 3. The zero-order chi connectivity index (χ0) is 17.2. The van der Waals surface area contributed by atoms with Crippen LogP contribution < -0.4 is 0 Å². The smallest absolute Gasteiger partial charge is 0.303 e. The third kappa shape index (κ3) is 6.44. The van der Waals surface area contributed by atoms with Gasteiger partial charge in [0, 0.05) is 17.6 Å². The van der Waals surface area contributed by atoms with E-state index in [0.29, 0.717) is 23.4 Å². The summed E-state index contributed by atoms with van der Waals surface area (Å²) in [6.07, 6.45) is 17.7. The summed E-state index contributed by atoms with van der Waals surface area (Å²) >= 11 is 2.15. The molecule has 0 saturated carbocycles. The summed E-state index contributed by atoms with van der Waals surface area (Å²) in [6, 6.07) is 0. The number of hydrogen-bond donors (Lipinski definition) is 1. The summed E-state index contributed by atoms with van der Waals surface area (Å²) in [5.74, 6) is 1.25.